The lowest BCUT2D eigenvalue weighted by molar-refractivity contribution is -0.144. The zero-order valence-corrected chi connectivity index (χ0v) is 10.4. The van der Waals surface area contributed by atoms with E-state index in [1.54, 1.807) is 13.8 Å². The lowest BCUT2D eigenvalue weighted by atomic mass is 10.0. The lowest BCUT2D eigenvalue weighted by Crippen LogP contribution is -2.45. The fourth-order valence-electron chi connectivity index (χ4n) is 1.40. The number of nitrogens with zero attached hydrogens (tertiary/aromatic N) is 1. The van der Waals surface area contributed by atoms with E-state index in [-0.39, 0.29) is 11.5 Å². The minimum absolute atomic E-state index is 0.166. The smallest absolute Gasteiger partial charge is 0.328 e. The van der Waals surface area contributed by atoms with Crippen LogP contribution in [0.5, 0.6) is 0 Å². The summed E-state index contributed by atoms with van der Waals surface area (Å²) in [6, 6.07) is 1.93. The Morgan fingerprint density at radius 3 is 2.61 bits per heavy atom. The summed E-state index contributed by atoms with van der Waals surface area (Å²) >= 11 is 0. The highest BCUT2D eigenvalue weighted by Gasteiger charge is 2.26. The third kappa shape index (κ3) is 3.26. The van der Waals surface area contributed by atoms with Crippen molar-refractivity contribution < 1.29 is 18.7 Å². The first kappa shape index (κ1) is 14.1. The van der Waals surface area contributed by atoms with E-state index in [9.17, 15) is 14.0 Å². The Morgan fingerprint density at radius 1 is 1.44 bits per heavy atom. The summed E-state index contributed by atoms with van der Waals surface area (Å²) in [5.74, 6) is -2.30. The van der Waals surface area contributed by atoms with Crippen molar-refractivity contribution in [3.63, 3.8) is 0 Å². The van der Waals surface area contributed by atoms with Gasteiger partial charge in [-0.3, -0.25) is 4.79 Å². The average molecular weight is 254 g/mol. The number of hydrogen-bond donors (Lipinski definition) is 1. The second-order valence-corrected chi connectivity index (χ2v) is 4.06. The Bertz CT molecular complexity index is 449. The normalized spacial score (nSPS) is 12.1. The molecule has 1 atom stereocenters. The molecule has 1 aromatic heterocycles. The van der Waals surface area contributed by atoms with Crippen LogP contribution in [0.2, 0.25) is 0 Å². The highest BCUT2D eigenvalue weighted by molar-refractivity contribution is 5.96. The van der Waals surface area contributed by atoms with Crippen molar-refractivity contribution in [2.24, 2.45) is 5.92 Å². The molecule has 1 unspecified atom stereocenters. The number of carbonyl (C=O) groups excluding carboxylic acids is 2. The van der Waals surface area contributed by atoms with Crippen LogP contribution < -0.4 is 5.32 Å². The van der Waals surface area contributed by atoms with Gasteiger partial charge < -0.3 is 10.1 Å². The quantitative estimate of drug-likeness (QED) is 0.646. The molecule has 0 aromatic carbocycles. The third-order valence-electron chi connectivity index (χ3n) is 2.41. The van der Waals surface area contributed by atoms with Crippen LogP contribution in [0, 0.1) is 11.9 Å². The van der Waals surface area contributed by atoms with Crippen LogP contribution in [-0.4, -0.2) is 30.0 Å². The number of pyridine rings is 1. The first-order valence-electron chi connectivity index (χ1n) is 5.46. The molecule has 0 saturated carbocycles. The van der Waals surface area contributed by atoms with Crippen molar-refractivity contribution >= 4 is 11.9 Å². The molecule has 0 fully saturated rings. The molecule has 1 rings (SSSR count). The number of hydrogen-bond acceptors (Lipinski definition) is 4. The lowest BCUT2D eigenvalue weighted by Gasteiger charge is -2.19. The number of halogens is 1. The molecule has 5 nitrogen and oxygen atoms in total. The molecule has 1 N–H and O–H groups in total. The zero-order chi connectivity index (χ0) is 13.7. The van der Waals surface area contributed by atoms with Gasteiger partial charge in [0.2, 0.25) is 5.95 Å². The number of carbonyl (C=O) groups is 2. The van der Waals surface area contributed by atoms with Crippen LogP contribution >= 0.6 is 0 Å². The maximum Gasteiger partial charge on any atom is 0.328 e. The fourth-order valence-corrected chi connectivity index (χ4v) is 1.40. The molecule has 0 bridgehead atoms. The SMILES string of the molecule is COC(=O)C(NC(=O)c1cccnc1F)C(C)C. The van der Waals surface area contributed by atoms with E-state index >= 15 is 0 Å². The van der Waals surface area contributed by atoms with E-state index in [4.69, 9.17) is 0 Å². The van der Waals surface area contributed by atoms with Gasteiger partial charge in [0.05, 0.1) is 12.7 Å². The van der Waals surface area contributed by atoms with Gasteiger partial charge in [0.25, 0.3) is 5.91 Å². The molecule has 0 spiro atoms. The molecule has 1 heterocycles. The standard InChI is InChI=1S/C12H15FN2O3/c1-7(2)9(12(17)18-3)15-11(16)8-5-4-6-14-10(8)13/h4-7,9H,1-3H3,(H,15,16). The van der Waals surface area contributed by atoms with Gasteiger partial charge in [0, 0.05) is 6.20 Å². The predicted molar refractivity (Wildman–Crippen MR) is 62.3 cm³/mol. The van der Waals surface area contributed by atoms with E-state index in [2.05, 4.69) is 15.0 Å². The maximum atomic E-state index is 13.3. The Morgan fingerprint density at radius 2 is 2.11 bits per heavy atom. The van der Waals surface area contributed by atoms with E-state index < -0.39 is 23.9 Å². The van der Waals surface area contributed by atoms with Crippen LogP contribution in [0.25, 0.3) is 0 Å². The molecule has 1 aromatic rings. The molecule has 0 radical (unpaired) electrons. The predicted octanol–water partition coefficient (Wildman–Crippen LogP) is 1.15. The van der Waals surface area contributed by atoms with Crippen LogP contribution in [0.4, 0.5) is 4.39 Å². The van der Waals surface area contributed by atoms with Gasteiger partial charge in [0.1, 0.15) is 6.04 Å². The molecule has 1 amide bonds. The molecule has 0 saturated heterocycles. The van der Waals surface area contributed by atoms with Gasteiger partial charge >= 0.3 is 5.97 Å². The van der Waals surface area contributed by atoms with Gasteiger partial charge in [-0.2, -0.15) is 4.39 Å². The molecular weight excluding hydrogens is 239 g/mol. The van der Waals surface area contributed by atoms with Crippen molar-refractivity contribution in [2.75, 3.05) is 7.11 Å². The van der Waals surface area contributed by atoms with Gasteiger partial charge in [-0.15, -0.1) is 0 Å². The van der Waals surface area contributed by atoms with E-state index in [0.717, 1.165) is 0 Å². The third-order valence-corrected chi connectivity index (χ3v) is 2.41. The summed E-state index contributed by atoms with van der Waals surface area (Å²) in [5, 5.41) is 2.43. The van der Waals surface area contributed by atoms with Crippen LogP contribution in [0.3, 0.4) is 0 Å². The van der Waals surface area contributed by atoms with Crippen LogP contribution in [0.1, 0.15) is 24.2 Å². The first-order chi connectivity index (χ1) is 8.47. The molecule has 6 heteroatoms. The molecule has 18 heavy (non-hydrogen) atoms. The number of nitrogens with one attached hydrogen (secondary N) is 1. The molecule has 0 aliphatic rings. The number of ether oxygens (including phenoxy) is 1. The van der Waals surface area contributed by atoms with E-state index in [1.807, 2.05) is 0 Å². The van der Waals surface area contributed by atoms with E-state index in [0.29, 0.717) is 0 Å². The van der Waals surface area contributed by atoms with Crippen LogP contribution in [-0.2, 0) is 9.53 Å². The zero-order valence-electron chi connectivity index (χ0n) is 10.4. The van der Waals surface area contributed by atoms with Crippen molar-refractivity contribution in [3.8, 4) is 0 Å². The molecule has 0 aliphatic heterocycles. The Hall–Kier alpha value is -1.98. The summed E-state index contributed by atoms with van der Waals surface area (Å²) in [6.45, 7) is 3.50. The van der Waals surface area contributed by atoms with Gasteiger partial charge in [-0.25, -0.2) is 9.78 Å². The maximum absolute atomic E-state index is 13.3. The highest BCUT2D eigenvalue weighted by Crippen LogP contribution is 2.07. The second-order valence-electron chi connectivity index (χ2n) is 4.06. The molecular formula is C12H15FN2O3. The minimum atomic E-state index is -0.873. The number of esters is 1. The van der Waals surface area contributed by atoms with Gasteiger partial charge in [0.15, 0.2) is 0 Å². The molecule has 0 aliphatic carbocycles. The largest absolute Gasteiger partial charge is 0.467 e. The van der Waals surface area contributed by atoms with E-state index in [1.165, 1.54) is 25.4 Å². The first-order valence-corrected chi connectivity index (χ1v) is 5.46. The summed E-state index contributed by atoms with van der Waals surface area (Å²) in [5.41, 5.74) is -0.202. The summed E-state index contributed by atoms with van der Waals surface area (Å²) in [6.07, 6.45) is 1.24. The van der Waals surface area contributed by atoms with Gasteiger partial charge in [-0.1, -0.05) is 13.8 Å². The highest BCUT2D eigenvalue weighted by atomic mass is 19.1. The summed E-state index contributed by atoms with van der Waals surface area (Å²) in [7, 11) is 1.23. The number of amides is 1. The number of aromatic nitrogens is 1. The fraction of sp³-hybridized carbons (Fsp3) is 0.417. The summed E-state index contributed by atoms with van der Waals surface area (Å²) in [4.78, 5) is 26.6. The average Bonchev–Trinajstić information content (AvgIpc) is 2.35. The van der Waals surface area contributed by atoms with Gasteiger partial charge in [-0.05, 0) is 18.1 Å². The van der Waals surface area contributed by atoms with Crippen molar-refractivity contribution in [3.05, 3.63) is 29.8 Å². The Balaban J connectivity index is 2.86. The number of methoxy groups -OCH3 is 1. The number of rotatable bonds is 4. The topological polar surface area (TPSA) is 68.3 Å². The van der Waals surface area contributed by atoms with Crippen molar-refractivity contribution in [2.45, 2.75) is 19.9 Å². The van der Waals surface area contributed by atoms with Crippen molar-refractivity contribution in [1.82, 2.24) is 10.3 Å². The molecule has 98 valence electrons. The van der Waals surface area contributed by atoms with Crippen LogP contribution in [0.15, 0.2) is 18.3 Å². The van der Waals surface area contributed by atoms with Crippen molar-refractivity contribution in [1.29, 1.82) is 0 Å². The Kier molecular flexibility index (Phi) is 4.76. The minimum Gasteiger partial charge on any atom is -0.467 e. The summed E-state index contributed by atoms with van der Waals surface area (Å²) < 4.78 is 17.9. The second kappa shape index (κ2) is 6.09. The Labute approximate surface area is 104 Å². The monoisotopic (exact) mass is 254 g/mol.